The summed E-state index contributed by atoms with van der Waals surface area (Å²) in [7, 11) is 0. The van der Waals surface area contributed by atoms with Gasteiger partial charge in [0.2, 0.25) is 0 Å². The van der Waals surface area contributed by atoms with Crippen LogP contribution in [0.4, 0.5) is 5.69 Å². The first kappa shape index (κ1) is 14.7. The van der Waals surface area contributed by atoms with Crippen molar-refractivity contribution in [3.63, 3.8) is 0 Å². The van der Waals surface area contributed by atoms with Crippen LogP contribution in [0.2, 0.25) is 5.02 Å². The molecule has 19 heavy (non-hydrogen) atoms. The minimum Gasteiger partial charge on any atom is -0.370 e. The normalized spacial score (nSPS) is 20.8. The third-order valence-corrected chi connectivity index (χ3v) is 4.56. The van der Waals surface area contributed by atoms with E-state index < -0.39 is 0 Å². The molecule has 0 spiro atoms. The molecule has 106 valence electrons. The fourth-order valence-electron chi connectivity index (χ4n) is 2.87. The van der Waals surface area contributed by atoms with Crippen LogP contribution in [-0.2, 0) is 6.42 Å². The number of hydrogen-bond donors (Lipinski definition) is 1. The third kappa shape index (κ3) is 3.43. The van der Waals surface area contributed by atoms with Crippen molar-refractivity contribution in [3.05, 3.63) is 28.8 Å². The van der Waals surface area contributed by atoms with E-state index in [0.717, 1.165) is 36.9 Å². The van der Waals surface area contributed by atoms with E-state index in [1.54, 1.807) is 0 Å². The van der Waals surface area contributed by atoms with E-state index in [4.69, 9.17) is 17.3 Å². The number of nitrogens with zero attached hydrogens (tertiary/aromatic N) is 1. The second-order valence-electron chi connectivity index (χ2n) is 5.63. The number of rotatable bonds is 5. The second kappa shape index (κ2) is 6.62. The van der Waals surface area contributed by atoms with Crippen LogP contribution in [0.1, 0.15) is 38.7 Å². The van der Waals surface area contributed by atoms with E-state index in [1.807, 2.05) is 12.1 Å². The van der Waals surface area contributed by atoms with Gasteiger partial charge in [-0.25, -0.2) is 0 Å². The standard InChI is InChI=1S/C16H25ClN2/c1-3-12-8-9-19(11-12)16-13(10-14(18)4-2)6-5-7-15(16)17/h5-7,12,14H,3-4,8-11,18H2,1-2H3. The molecule has 1 saturated heterocycles. The number of halogens is 1. The quantitative estimate of drug-likeness (QED) is 0.887. The largest absolute Gasteiger partial charge is 0.370 e. The van der Waals surface area contributed by atoms with E-state index in [9.17, 15) is 0 Å². The van der Waals surface area contributed by atoms with E-state index in [1.165, 1.54) is 24.1 Å². The van der Waals surface area contributed by atoms with Gasteiger partial charge in [-0.05, 0) is 36.8 Å². The molecule has 1 heterocycles. The molecule has 0 aromatic heterocycles. The number of benzene rings is 1. The topological polar surface area (TPSA) is 29.3 Å². The van der Waals surface area contributed by atoms with Crippen molar-refractivity contribution >= 4 is 17.3 Å². The van der Waals surface area contributed by atoms with Gasteiger partial charge in [0.25, 0.3) is 0 Å². The van der Waals surface area contributed by atoms with Gasteiger partial charge in [-0.2, -0.15) is 0 Å². The van der Waals surface area contributed by atoms with E-state index in [2.05, 4.69) is 24.8 Å². The molecule has 2 nitrogen and oxygen atoms in total. The lowest BCUT2D eigenvalue weighted by atomic mass is 10.0. The second-order valence-corrected chi connectivity index (χ2v) is 6.04. The lowest BCUT2D eigenvalue weighted by Crippen LogP contribution is -2.25. The van der Waals surface area contributed by atoms with Crippen molar-refractivity contribution in [2.24, 2.45) is 11.7 Å². The molecule has 1 aromatic rings. The molecular formula is C16H25ClN2. The Bertz CT molecular complexity index is 419. The monoisotopic (exact) mass is 280 g/mol. The summed E-state index contributed by atoms with van der Waals surface area (Å²) in [4.78, 5) is 2.45. The molecule has 0 saturated carbocycles. The highest BCUT2D eigenvalue weighted by atomic mass is 35.5. The van der Waals surface area contributed by atoms with Crippen LogP contribution in [0.25, 0.3) is 0 Å². The highest BCUT2D eigenvalue weighted by Gasteiger charge is 2.24. The summed E-state index contributed by atoms with van der Waals surface area (Å²) in [6, 6.07) is 6.44. The predicted octanol–water partition coefficient (Wildman–Crippen LogP) is 3.86. The molecule has 0 bridgehead atoms. The average molecular weight is 281 g/mol. The van der Waals surface area contributed by atoms with Crippen molar-refractivity contribution in [1.82, 2.24) is 0 Å². The van der Waals surface area contributed by atoms with Gasteiger partial charge < -0.3 is 10.6 Å². The van der Waals surface area contributed by atoms with E-state index in [0.29, 0.717) is 0 Å². The summed E-state index contributed by atoms with van der Waals surface area (Å²) in [5.74, 6) is 0.809. The van der Waals surface area contributed by atoms with Crippen molar-refractivity contribution < 1.29 is 0 Å². The van der Waals surface area contributed by atoms with Crippen LogP contribution in [0.5, 0.6) is 0 Å². The Morgan fingerprint density at radius 3 is 2.84 bits per heavy atom. The van der Waals surface area contributed by atoms with Crippen LogP contribution in [0, 0.1) is 5.92 Å². The molecule has 1 aliphatic rings. The first-order valence-corrected chi connectivity index (χ1v) is 7.81. The van der Waals surface area contributed by atoms with Crippen molar-refractivity contribution in [1.29, 1.82) is 0 Å². The predicted molar refractivity (Wildman–Crippen MR) is 84.0 cm³/mol. The average Bonchev–Trinajstić information content (AvgIpc) is 2.87. The number of hydrogen-bond acceptors (Lipinski definition) is 2. The summed E-state index contributed by atoms with van der Waals surface area (Å²) in [6.07, 6.45) is 4.45. The van der Waals surface area contributed by atoms with Gasteiger partial charge >= 0.3 is 0 Å². The van der Waals surface area contributed by atoms with Gasteiger partial charge in [0.1, 0.15) is 0 Å². The van der Waals surface area contributed by atoms with Gasteiger partial charge in [0, 0.05) is 19.1 Å². The van der Waals surface area contributed by atoms with Gasteiger partial charge in [-0.3, -0.25) is 0 Å². The zero-order valence-corrected chi connectivity index (χ0v) is 12.8. The fraction of sp³-hybridized carbons (Fsp3) is 0.625. The SMILES string of the molecule is CCC(N)Cc1cccc(Cl)c1N1CCC(CC)C1. The van der Waals surface area contributed by atoms with Crippen molar-refractivity contribution in [2.45, 2.75) is 45.6 Å². The van der Waals surface area contributed by atoms with Gasteiger partial charge in [0.05, 0.1) is 10.7 Å². The molecule has 1 aliphatic heterocycles. The van der Waals surface area contributed by atoms with Crippen molar-refractivity contribution in [2.75, 3.05) is 18.0 Å². The summed E-state index contributed by atoms with van der Waals surface area (Å²) in [5.41, 5.74) is 8.64. The molecule has 2 atom stereocenters. The smallest absolute Gasteiger partial charge is 0.0642 e. The summed E-state index contributed by atoms with van der Waals surface area (Å²) >= 11 is 6.44. The van der Waals surface area contributed by atoms with Crippen LogP contribution in [0.3, 0.4) is 0 Å². The van der Waals surface area contributed by atoms with E-state index in [-0.39, 0.29) is 6.04 Å². The molecular weight excluding hydrogens is 256 g/mol. The molecule has 1 aromatic carbocycles. The van der Waals surface area contributed by atoms with Crippen LogP contribution >= 0.6 is 11.6 Å². The Morgan fingerprint density at radius 1 is 1.42 bits per heavy atom. The summed E-state index contributed by atoms with van der Waals surface area (Å²) in [5, 5.41) is 0.873. The lowest BCUT2D eigenvalue weighted by molar-refractivity contribution is 0.569. The Kier molecular flexibility index (Phi) is 5.12. The number of nitrogens with two attached hydrogens (primary N) is 1. The summed E-state index contributed by atoms with van der Waals surface area (Å²) < 4.78 is 0. The zero-order valence-electron chi connectivity index (χ0n) is 12.0. The lowest BCUT2D eigenvalue weighted by Gasteiger charge is -2.24. The number of para-hydroxylation sites is 1. The first-order chi connectivity index (χ1) is 9.15. The summed E-state index contributed by atoms with van der Waals surface area (Å²) in [6.45, 7) is 6.66. The fourth-order valence-corrected chi connectivity index (χ4v) is 3.19. The van der Waals surface area contributed by atoms with Crippen LogP contribution in [-0.4, -0.2) is 19.1 Å². The highest BCUT2D eigenvalue weighted by molar-refractivity contribution is 6.33. The maximum atomic E-state index is 6.44. The Morgan fingerprint density at radius 2 is 2.21 bits per heavy atom. The van der Waals surface area contributed by atoms with Gasteiger partial charge in [-0.1, -0.05) is 44.0 Å². The minimum atomic E-state index is 0.224. The van der Waals surface area contributed by atoms with Crippen molar-refractivity contribution in [3.8, 4) is 0 Å². The first-order valence-electron chi connectivity index (χ1n) is 7.43. The molecule has 2 rings (SSSR count). The Balaban J connectivity index is 2.23. The molecule has 1 fully saturated rings. The zero-order chi connectivity index (χ0) is 13.8. The molecule has 0 amide bonds. The van der Waals surface area contributed by atoms with Crippen LogP contribution < -0.4 is 10.6 Å². The molecule has 0 radical (unpaired) electrons. The molecule has 2 unspecified atom stereocenters. The highest BCUT2D eigenvalue weighted by Crippen LogP contribution is 2.35. The molecule has 0 aliphatic carbocycles. The minimum absolute atomic E-state index is 0.224. The van der Waals surface area contributed by atoms with Crippen LogP contribution in [0.15, 0.2) is 18.2 Å². The van der Waals surface area contributed by atoms with Gasteiger partial charge in [-0.15, -0.1) is 0 Å². The Hall–Kier alpha value is -0.730. The molecule has 2 N–H and O–H groups in total. The molecule has 3 heteroatoms. The number of anilines is 1. The van der Waals surface area contributed by atoms with Gasteiger partial charge in [0.15, 0.2) is 0 Å². The van der Waals surface area contributed by atoms with E-state index >= 15 is 0 Å². The Labute approximate surface area is 121 Å². The third-order valence-electron chi connectivity index (χ3n) is 4.26. The maximum absolute atomic E-state index is 6.44. The maximum Gasteiger partial charge on any atom is 0.0642 e.